The van der Waals surface area contributed by atoms with Crippen molar-refractivity contribution in [2.75, 3.05) is 0 Å². The predicted octanol–water partition coefficient (Wildman–Crippen LogP) is 5.35. The molecule has 0 aliphatic carbocycles. The van der Waals surface area contributed by atoms with Crippen molar-refractivity contribution in [2.24, 2.45) is 0 Å². The number of alkyl halides is 1. The first-order chi connectivity index (χ1) is 5.37. The Morgan fingerprint density at radius 3 is 1.42 bits per heavy atom. The number of rotatable bonds is 4. The number of halogens is 1. The van der Waals surface area contributed by atoms with Gasteiger partial charge in [-0.2, -0.15) is 0 Å². The first kappa shape index (κ1) is 16.2. The summed E-state index contributed by atoms with van der Waals surface area (Å²) in [7, 11) is 14.4. The molecule has 0 aromatic rings. The predicted molar refractivity (Wildman–Crippen MR) is 91.2 cm³/mol. The highest BCUT2D eigenvalue weighted by atomic mass is 32.6. The van der Waals surface area contributed by atoms with Gasteiger partial charge in [0.1, 0.15) is 0 Å². The average molecular weight is 354 g/mol. The molecule has 8 atom stereocenters. The van der Waals surface area contributed by atoms with E-state index in [1.165, 1.54) is 0 Å². The van der Waals surface area contributed by atoms with Gasteiger partial charge < -0.3 is 0 Å². The summed E-state index contributed by atoms with van der Waals surface area (Å²) in [6.07, 6.45) is 0. The topological polar surface area (TPSA) is 0 Å². The molecule has 74 valence electrons. The summed E-state index contributed by atoms with van der Waals surface area (Å²) in [5.41, 5.74) is 0. The molecule has 8 unspecified atom stereocenters. The maximum absolute atomic E-state index is 14.4. The van der Waals surface area contributed by atoms with Gasteiger partial charge in [-0.25, -0.2) is 4.39 Å². The van der Waals surface area contributed by atoms with Crippen LogP contribution < -0.4 is 0 Å². The highest BCUT2D eigenvalue weighted by Crippen LogP contribution is 2.96. The summed E-state index contributed by atoms with van der Waals surface area (Å²) >= 11 is 0. The van der Waals surface area contributed by atoms with Crippen LogP contribution in [0.1, 0.15) is 0 Å². The minimum atomic E-state index is -0.991. The summed E-state index contributed by atoms with van der Waals surface area (Å²) in [6.45, 7) is 0. The van der Waals surface area contributed by atoms with E-state index < -0.39 is 26.8 Å². The van der Waals surface area contributed by atoms with Crippen LogP contribution in [0, 0.1) is 0 Å². The Morgan fingerprint density at radius 1 is 1.00 bits per heavy atom. The van der Waals surface area contributed by atoms with Crippen molar-refractivity contribution in [3.05, 3.63) is 0 Å². The van der Waals surface area contributed by atoms with E-state index in [0.717, 1.165) is 0 Å². The fourth-order valence-electron chi connectivity index (χ4n) is 0.464. The second kappa shape index (κ2) is 7.54. The maximum atomic E-state index is 14.4. The summed E-state index contributed by atoms with van der Waals surface area (Å²) in [5.74, 6) is 0. The van der Waals surface area contributed by atoms with Crippen LogP contribution >= 0.6 is 83.4 Å². The molecule has 12 heavy (non-hydrogen) atoms. The summed E-state index contributed by atoms with van der Waals surface area (Å²) in [4.78, 5) is -0.991. The molecule has 0 fully saturated rings. The van der Waals surface area contributed by atoms with Crippen molar-refractivity contribution in [3.63, 3.8) is 0 Å². The molecule has 0 bridgehead atoms. The first-order valence-corrected chi connectivity index (χ1v) is 18.4. The average Bonchev–Trinajstić information content (AvgIpc) is 2.00. The van der Waals surface area contributed by atoms with Crippen molar-refractivity contribution >= 4 is 83.4 Å². The second-order valence-electron chi connectivity index (χ2n) is 1.87. The summed E-state index contributed by atoms with van der Waals surface area (Å²) < 4.78 is 14.4. The van der Waals surface area contributed by atoms with E-state index >= 15 is 0 Å². The third kappa shape index (κ3) is 4.24. The van der Waals surface area contributed by atoms with Crippen LogP contribution in [-0.2, 0) is 0 Å². The van der Waals surface area contributed by atoms with Crippen LogP contribution in [0.5, 0.6) is 0 Å². The highest BCUT2D eigenvalue weighted by Gasteiger charge is 2.43. The molecule has 0 aliphatic heterocycles. The molecular weight excluding hydrogens is 341 g/mol. The molecule has 0 aromatic carbocycles. The van der Waals surface area contributed by atoms with Gasteiger partial charge in [0.25, 0.3) is 0 Å². The van der Waals surface area contributed by atoms with Crippen molar-refractivity contribution in [2.45, 2.75) is 4.89 Å². The molecular formula is CH13FP10. The minimum absolute atomic E-state index is 0.588. The van der Waals surface area contributed by atoms with Crippen LogP contribution in [0.4, 0.5) is 4.39 Å². The summed E-state index contributed by atoms with van der Waals surface area (Å²) in [5, 5.41) is 0. The van der Waals surface area contributed by atoms with Crippen molar-refractivity contribution in [1.82, 2.24) is 0 Å². The lowest BCUT2D eigenvalue weighted by Gasteiger charge is -2.37. The zero-order valence-electron chi connectivity index (χ0n) is 6.18. The molecule has 0 radical (unpaired) electrons. The first-order valence-electron chi connectivity index (χ1n) is 2.66. The highest BCUT2D eigenvalue weighted by molar-refractivity contribution is 8.70. The smallest absolute Gasteiger partial charge is 0.185 e. The lowest BCUT2D eigenvalue weighted by Crippen LogP contribution is -2.01. The SMILES string of the molecule is FC(P(P)P)(P(P)P)P(P)PP. The molecule has 0 aromatic heterocycles. The number of hydrogen-bond acceptors (Lipinski definition) is 0. The van der Waals surface area contributed by atoms with E-state index in [1.807, 2.05) is 0 Å². The quantitative estimate of drug-likeness (QED) is 0.598. The lowest BCUT2D eigenvalue weighted by molar-refractivity contribution is 0.525. The Labute approximate surface area is 92.6 Å². The molecule has 0 nitrogen and oxygen atoms in total. The van der Waals surface area contributed by atoms with Gasteiger partial charge >= 0.3 is 0 Å². The van der Waals surface area contributed by atoms with E-state index in [-0.39, 0.29) is 0 Å². The Bertz CT molecular complexity index is 124. The van der Waals surface area contributed by atoms with Crippen LogP contribution in [0.15, 0.2) is 0 Å². The fraction of sp³-hybridized carbons (Fsp3) is 1.00. The number of hydrogen-bond donors (Lipinski definition) is 0. The molecule has 11 heteroatoms. The molecule has 0 aliphatic rings. The van der Waals surface area contributed by atoms with Gasteiger partial charge in [-0.05, 0) is 21.9 Å². The van der Waals surface area contributed by atoms with E-state index in [4.69, 9.17) is 0 Å². The fourth-order valence-corrected chi connectivity index (χ4v) is 36.3. The van der Waals surface area contributed by atoms with E-state index in [2.05, 4.69) is 53.6 Å². The monoisotopic (exact) mass is 354 g/mol. The van der Waals surface area contributed by atoms with Gasteiger partial charge in [0, 0.05) is 0 Å². The third-order valence-electron chi connectivity index (χ3n) is 1.10. The summed E-state index contributed by atoms with van der Waals surface area (Å²) in [6, 6.07) is 0. The van der Waals surface area contributed by atoms with Crippen LogP contribution in [0.25, 0.3) is 0 Å². The van der Waals surface area contributed by atoms with E-state index in [9.17, 15) is 4.39 Å². The Morgan fingerprint density at radius 2 is 1.33 bits per heavy atom. The molecule has 0 spiro atoms. The van der Waals surface area contributed by atoms with E-state index in [0.29, 0.717) is 7.96 Å². The molecule has 0 saturated carbocycles. The Kier molecular flexibility index (Phi) is 10.2. The molecule has 0 heterocycles. The molecule has 0 N–H and O–H groups in total. The van der Waals surface area contributed by atoms with Gasteiger partial charge in [-0.3, -0.25) is 0 Å². The second-order valence-corrected chi connectivity index (χ2v) is 25.3. The largest absolute Gasteiger partial charge is 0.227 e. The third-order valence-corrected chi connectivity index (χ3v) is 28.6. The van der Waals surface area contributed by atoms with Gasteiger partial charge in [0.15, 0.2) is 4.89 Å². The zero-order valence-corrected chi connectivity index (χ0v) is 16.8. The van der Waals surface area contributed by atoms with Crippen molar-refractivity contribution in [3.8, 4) is 0 Å². The Hall–Kier alpha value is 4.23. The molecule has 0 saturated heterocycles. The standard InChI is InChI=1S/CH13FP10/c2-1(10(4)5,11(6)7)12(8)9-3/h9H,3-8H2. The van der Waals surface area contributed by atoms with Crippen LogP contribution in [0.3, 0.4) is 0 Å². The van der Waals surface area contributed by atoms with Crippen molar-refractivity contribution in [1.29, 1.82) is 0 Å². The molecule has 0 amide bonds. The molecule has 0 rings (SSSR count). The zero-order chi connectivity index (χ0) is 9.94. The maximum Gasteiger partial charge on any atom is 0.185 e. The van der Waals surface area contributed by atoms with Crippen molar-refractivity contribution < 1.29 is 4.39 Å². The lowest BCUT2D eigenvalue weighted by atomic mass is 11.7. The Balaban J connectivity index is 4.61. The normalized spacial score (nSPS) is 16.8. The van der Waals surface area contributed by atoms with Gasteiger partial charge in [-0.1, -0.05) is 7.96 Å². The van der Waals surface area contributed by atoms with E-state index in [1.54, 1.807) is 0 Å². The minimum Gasteiger partial charge on any atom is -0.227 e. The van der Waals surface area contributed by atoms with Crippen LogP contribution in [0.2, 0.25) is 0 Å². The van der Waals surface area contributed by atoms with Crippen LogP contribution in [-0.4, -0.2) is 4.89 Å². The van der Waals surface area contributed by atoms with Gasteiger partial charge in [-0.15, -0.1) is 53.6 Å². The van der Waals surface area contributed by atoms with Gasteiger partial charge in [0.05, 0.1) is 0 Å². The van der Waals surface area contributed by atoms with Gasteiger partial charge in [0.2, 0.25) is 0 Å².